The van der Waals surface area contributed by atoms with Crippen LogP contribution in [-0.4, -0.2) is 61.2 Å². The Kier molecular flexibility index (Phi) is 9.40. The van der Waals surface area contributed by atoms with Gasteiger partial charge in [0.25, 0.3) is 5.91 Å². The minimum Gasteiger partial charge on any atom is -0.497 e. The van der Waals surface area contributed by atoms with Crippen LogP contribution in [0.5, 0.6) is 5.75 Å². The topological polar surface area (TPSA) is 118 Å². The number of hydrogen-bond donors (Lipinski definition) is 2. The molecule has 0 spiro atoms. The van der Waals surface area contributed by atoms with Gasteiger partial charge in [-0.15, -0.1) is 0 Å². The van der Waals surface area contributed by atoms with Gasteiger partial charge in [-0.1, -0.05) is 0 Å². The SMILES string of the molecule is CCOC1CCC([C@H](C(=O)NO)N(CCc2ccncc2)S(=O)(=O)c2ccc(OC)cc2)CC1. The summed E-state index contributed by atoms with van der Waals surface area (Å²) in [4.78, 5) is 17.0. The number of methoxy groups -OCH3 is 1. The number of benzene rings is 1. The van der Waals surface area contributed by atoms with Crippen molar-refractivity contribution < 1.29 is 27.9 Å². The minimum absolute atomic E-state index is 0.0572. The molecule has 3 rings (SSSR count). The van der Waals surface area contributed by atoms with Crippen LogP contribution < -0.4 is 10.2 Å². The first-order valence-corrected chi connectivity index (χ1v) is 12.9. The number of pyridine rings is 1. The van der Waals surface area contributed by atoms with Crippen molar-refractivity contribution >= 4 is 15.9 Å². The van der Waals surface area contributed by atoms with Gasteiger partial charge in [0.15, 0.2) is 0 Å². The van der Waals surface area contributed by atoms with Gasteiger partial charge in [0.05, 0.1) is 18.1 Å². The fourth-order valence-electron chi connectivity index (χ4n) is 4.53. The third kappa shape index (κ3) is 6.32. The molecule has 0 unspecified atom stereocenters. The molecule has 9 nitrogen and oxygen atoms in total. The second-order valence-corrected chi connectivity index (χ2v) is 10.2. The summed E-state index contributed by atoms with van der Waals surface area (Å²) in [5.41, 5.74) is 2.61. The summed E-state index contributed by atoms with van der Waals surface area (Å²) in [7, 11) is -2.56. The van der Waals surface area contributed by atoms with Crippen molar-refractivity contribution in [1.29, 1.82) is 0 Å². The molecule has 1 amide bonds. The lowest BCUT2D eigenvalue weighted by atomic mass is 9.82. The zero-order valence-corrected chi connectivity index (χ0v) is 20.4. The third-order valence-corrected chi connectivity index (χ3v) is 8.19. The maximum absolute atomic E-state index is 13.8. The highest BCUT2D eigenvalue weighted by atomic mass is 32.2. The predicted octanol–water partition coefficient (Wildman–Crippen LogP) is 2.79. The molecule has 10 heteroatoms. The van der Waals surface area contributed by atoms with Crippen molar-refractivity contribution in [2.24, 2.45) is 5.92 Å². The van der Waals surface area contributed by atoms with Crippen LogP contribution in [0.25, 0.3) is 0 Å². The van der Waals surface area contributed by atoms with Crippen molar-refractivity contribution in [2.45, 2.75) is 56.1 Å². The second kappa shape index (κ2) is 12.3. The smallest absolute Gasteiger partial charge is 0.262 e. The van der Waals surface area contributed by atoms with Crippen LogP contribution in [0.4, 0.5) is 0 Å². The minimum atomic E-state index is -4.06. The molecule has 2 N–H and O–H groups in total. The first-order chi connectivity index (χ1) is 16.4. The normalized spacial score (nSPS) is 19.5. The Bertz CT molecular complexity index is 1010. The van der Waals surface area contributed by atoms with E-state index in [9.17, 15) is 18.4 Å². The molecule has 186 valence electrons. The zero-order chi connectivity index (χ0) is 24.6. The molecule has 0 aliphatic heterocycles. The second-order valence-electron chi connectivity index (χ2n) is 8.31. The Morgan fingerprint density at radius 1 is 1.15 bits per heavy atom. The Labute approximate surface area is 201 Å². The van der Waals surface area contributed by atoms with Crippen LogP contribution in [0, 0.1) is 5.92 Å². The monoisotopic (exact) mass is 491 g/mol. The lowest BCUT2D eigenvalue weighted by Gasteiger charge is -2.38. The van der Waals surface area contributed by atoms with E-state index in [1.807, 2.05) is 19.1 Å². The number of hydroxylamine groups is 1. The Hall–Kier alpha value is -2.53. The fourth-order valence-corrected chi connectivity index (χ4v) is 6.18. The van der Waals surface area contributed by atoms with Gasteiger partial charge in [-0.3, -0.25) is 15.0 Å². The van der Waals surface area contributed by atoms with Crippen LogP contribution in [0.3, 0.4) is 0 Å². The Balaban J connectivity index is 1.95. The molecule has 1 saturated carbocycles. The number of rotatable bonds is 11. The highest BCUT2D eigenvalue weighted by molar-refractivity contribution is 7.89. The molecule has 1 aliphatic rings. The van der Waals surface area contributed by atoms with Gasteiger partial charge in [-0.05, 0) is 86.9 Å². The molecule has 34 heavy (non-hydrogen) atoms. The number of sulfonamides is 1. The molecular formula is C24H33N3O6S. The van der Waals surface area contributed by atoms with Crippen molar-refractivity contribution in [3.8, 4) is 5.75 Å². The quantitative estimate of drug-likeness (QED) is 0.367. The van der Waals surface area contributed by atoms with E-state index in [1.165, 1.54) is 23.5 Å². The van der Waals surface area contributed by atoms with Crippen molar-refractivity contribution in [1.82, 2.24) is 14.8 Å². The number of ether oxygens (including phenoxy) is 2. The van der Waals surface area contributed by atoms with Crippen LogP contribution in [0.1, 0.15) is 38.2 Å². The van der Waals surface area contributed by atoms with E-state index in [0.717, 1.165) is 18.4 Å². The number of nitrogens with zero attached hydrogens (tertiary/aromatic N) is 2. The van der Waals surface area contributed by atoms with E-state index in [2.05, 4.69) is 4.98 Å². The fraction of sp³-hybridized carbons (Fsp3) is 0.500. The predicted molar refractivity (Wildman–Crippen MR) is 126 cm³/mol. The molecule has 1 aliphatic carbocycles. The summed E-state index contributed by atoms with van der Waals surface area (Å²) in [5, 5.41) is 9.54. The van der Waals surface area contributed by atoms with E-state index in [0.29, 0.717) is 31.6 Å². The van der Waals surface area contributed by atoms with Gasteiger partial charge >= 0.3 is 0 Å². The number of nitrogens with one attached hydrogen (secondary N) is 1. The first-order valence-electron chi connectivity index (χ1n) is 11.5. The lowest BCUT2D eigenvalue weighted by Crippen LogP contribution is -2.54. The van der Waals surface area contributed by atoms with E-state index < -0.39 is 22.0 Å². The average molecular weight is 492 g/mol. The van der Waals surface area contributed by atoms with Crippen molar-refractivity contribution in [3.63, 3.8) is 0 Å². The molecular weight excluding hydrogens is 458 g/mol. The van der Waals surface area contributed by atoms with Crippen molar-refractivity contribution in [2.75, 3.05) is 20.3 Å². The zero-order valence-electron chi connectivity index (χ0n) is 19.6. The molecule has 0 radical (unpaired) electrons. The maximum Gasteiger partial charge on any atom is 0.262 e. The summed E-state index contributed by atoms with van der Waals surface area (Å²) < 4.78 is 39.7. The third-order valence-electron chi connectivity index (χ3n) is 6.29. The van der Waals surface area contributed by atoms with Gasteiger partial charge in [0.1, 0.15) is 11.8 Å². The van der Waals surface area contributed by atoms with Gasteiger partial charge < -0.3 is 9.47 Å². The largest absolute Gasteiger partial charge is 0.497 e. The number of carbonyl (C=O) groups is 1. The van der Waals surface area contributed by atoms with Gasteiger partial charge in [-0.2, -0.15) is 4.31 Å². The Morgan fingerprint density at radius 3 is 2.35 bits per heavy atom. The van der Waals surface area contributed by atoms with Crippen LogP contribution in [0.2, 0.25) is 0 Å². The number of hydrogen-bond acceptors (Lipinski definition) is 7. The Morgan fingerprint density at radius 2 is 1.79 bits per heavy atom. The maximum atomic E-state index is 13.8. The highest BCUT2D eigenvalue weighted by Crippen LogP contribution is 2.34. The molecule has 1 heterocycles. The number of amides is 1. The van der Waals surface area contributed by atoms with E-state index in [-0.39, 0.29) is 23.5 Å². The van der Waals surface area contributed by atoms with Gasteiger partial charge in [0, 0.05) is 25.5 Å². The molecule has 1 aromatic carbocycles. The molecule has 1 fully saturated rings. The average Bonchev–Trinajstić information content (AvgIpc) is 2.87. The van der Waals surface area contributed by atoms with Crippen molar-refractivity contribution in [3.05, 3.63) is 54.4 Å². The first kappa shape index (κ1) is 26.1. The van der Waals surface area contributed by atoms with Crippen LogP contribution in [-0.2, 0) is 26.0 Å². The van der Waals surface area contributed by atoms with E-state index >= 15 is 0 Å². The lowest BCUT2D eigenvalue weighted by molar-refractivity contribution is -0.136. The van der Waals surface area contributed by atoms with Crippen LogP contribution in [0.15, 0.2) is 53.7 Å². The van der Waals surface area contributed by atoms with Crippen LogP contribution >= 0.6 is 0 Å². The summed E-state index contributed by atoms with van der Waals surface area (Å²) >= 11 is 0. The summed E-state index contributed by atoms with van der Waals surface area (Å²) in [5.74, 6) is -0.456. The molecule has 1 aromatic heterocycles. The molecule has 1 atom stereocenters. The summed E-state index contributed by atoms with van der Waals surface area (Å²) in [6, 6.07) is 8.65. The van der Waals surface area contributed by atoms with E-state index in [4.69, 9.17) is 9.47 Å². The number of aromatic nitrogens is 1. The standard InChI is InChI=1S/C24H33N3O6S/c1-3-33-21-6-4-19(5-7-21)23(24(28)26-29)27(17-14-18-12-15-25-16-13-18)34(30,31)22-10-8-20(32-2)9-11-22/h8-13,15-16,19,21,23,29H,3-7,14,17H2,1-2H3,(H,26,28)/t19?,21?,23-/m1/s1. The summed E-state index contributed by atoms with van der Waals surface area (Å²) in [6.45, 7) is 2.62. The molecule has 2 aromatic rings. The summed E-state index contributed by atoms with van der Waals surface area (Å²) in [6.07, 6.45) is 6.47. The molecule has 0 bridgehead atoms. The van der Waals surface area contributed by atoms with Gasteiger partial charge in [-0.25, -0.2) is 13.9 Å². The highest BCUT2D eigenvalue weighted by Gasteiger charge is 2.42. The van der Waals surface area contributed by atoms with Gasteiger partial charge in [0.2, 0.25) is 10.0 Å². The van der Waals surface area contributed by atoms with E-state index in [1.54, 1.807) is 30.0 Å². The number of carbonyl (C=O) groups excluding carboxylic acids is 1. The molecule has 0 saturated heterocycles.